The van der Waals surface area contributed by atoms with Crippen LogP contribution in [-0.2, 0) is 21.0 Å². The first kappa shape index (κ1) is 30.2. The Morgan fingerprint density at radius 3 is 2.18 bits per heavy atom. The van der Waals surface area contributed by atoms with Gasteiger partial charge in [-0.15, -0.1) is 0 Å². The van der Waals surface area contributed by atoms with E-state index in [0.29, 0.717) is 19.3 Å². The second-order valence-corrected chi connectivity index (χ2v) is 14.5. The Balaban J connectivity index is 1.69. The van der Waals surface area contributed by atoms with Crippen LogP contribution in [0.15, 0.2) is 29.2 Å². The number of hydrogen-bond donors (Lipinski definition) is 3. The largest absolute Gasteiger partial charge is 0.465 e. The molecule has 38 heavy (non-hydrogen) atoms. The van der Waals surface area contributed by atoms with E-state index < -0.39 is 39.8 Å². The van der Waals surface area contributed by atoms with E-state index >= 15 is 0 Å². The van der Waals surface area contributed by atoms with Gasteiger partial charge in [0.05, 0.1) is 10.5 Å². The lowest BCUT2D eigenvalue weighted by atomic mass is 9.73. The van der Waals surface area contributed by atoms with Gasteiger partial charge in [-0.25, -0.2) is 13.2 Å². The van der Waals surface area contributed by atoms with Crippen molar-refractivity contribution in [2.45, 2.75) is 83.5 Å². The van der Waals surface area contributed by atoms with Crippen LogP contribution in [0, 0.1) is 22.7 Å². The van der Waals surface area contributed by atoms with E-state index in [2.05, 4.69) is 31.4 Å². The number of nitrogens with zero attached hydrogens (tertiary/aromatic N) is 1. The lowest BCUT2D eigenvalue weighted by Gasteiger charge is -2.35. The van der Waals surface area contributed by atoms with Crippen molar-refractivity contribution < 1.29 is 36.3 Å². The van der Waals surface area contributed by atoms with Crippen molar-refractivity contribution in [3.63, 3.8) is 0 Å². The molecule has 3 N–H and O–H groups in total. The minimum Gasteiger partial charge on any atom is -0.465 e. The number of nitrogens with one attached hydrogen (secondary N) is 2. The van der Waals surface area contributed by atoms with Crippen molar-refractivity contribution in [1.82, 2.24) is 14.9 Å². The van der Waals surface area contributed by atoms with Gasteiger partial charge in [0.2, 0.25) is 15.9 Å². The number of amides is 2. The Morgan fingerprint density at radius 2 is 1.66 bits per heavy atom. The maximum absolute atomic E-state index is 13.2. The molecule has 0 spiro atoms. The Labute approximate surface area is 222 Å². The zero-order valence-corrected chi connectivity index (χ0v) is 23.2. The number of sulfonamides is 1. The molecule has 0 aromatic heterocycles. The van der Waals surface area contributed by atoms with Crippen molar-refractivity contribution in [3.8, 4) is 0 Å². The smallest absolute Gasteiger partial charge is 0.416 e. The minimum atomic E-state index is -4.56. The number of carbonyl (C=O) groups excluding carboxylic acids is 1. The summed E-state index contributed by atoms with van der Waals surface area (Å²) < 4.78 is 66.2. The van der Waals surface area contributed by atoms with E-state index in [0.717, 1.165) is 30.7 Å². The van der Waals surface area contributed by atoms with Crippen LogP contribution in [0.1, 0.15) is 65.9 Å². The van der Waals surface area contributed by atoms with Crippen molar-refractivity contribution in [3.05, 3.63) is 29.8 Å². The van der Waals surface area contributed by atoms with Gasteiger partial charge in [-0.1, -0.05) is 34.6 Å². The molecule has 1 aliphatic heterocycles. The summed E-state index contributed by atoms with van der Waals surface area (Å²) in [5.41, 5.74) is -1.26. The molecule has 0 unspecified atom stereocenters. The van der Waals surface area contributed by atoms with Gasteiger partial charge in [0, 0.05) is 19.1 Å². The molecule has 1 aromatic carbocycles. The molecule has 12 heteroatoms. The molecule has 4 atom stereocenters. The summed E-state index contributed by atoms with van der Waals surface area (Å²) in [5.74, 6) is -0.618. The van der Waals surface area contributed by atoms with Gasteiger partial charge in [0.25, 0.3) is 0 Å². The number of benzene rings is 1. The van der Waals surface area contributed by atoms with E-state index in [1.165, 1.54) is 4.31 Å². The van der Waals surface area contributed by atoms with Gasteiger partial charge in [0.15, 0.2) is 0 Å². The van der Waals surface area contributed by atoms with Gasteiger partial charge in [-0.05, 0) is 72.6 Å². The standard InChI is InChI=1S/C26H38F3N3O5S/c1-24(2,3)15-25(4,5)12-21(31-23(34)35)22(33)30-20-11-6-16-13-32(14-19(16)20)38(36,37)18-9-7-17(8-10-18)26(27,28)29/h7-10,16,19-21,31H,6,11-15H2,1-5H3,(H,30,33)(H,34,35)/t16-,19+,20+,21+/m1/s1. The van der Waals surface area contributed by atoms with Crippen molar-refractivity contribution >= 4 is 22.0 Å². The molecule has 1 saturated carbocycles. The molecular weight excluding hydrogens is 523 g/mol. The third-order valence-electron chi connectivity index (χ3n) is 7.35. The number of carboxylic acid groups (broad SMARTS) is 1. The Kier molecular flexibility index (Phi) is 8.48. The highest BCUT2D eigenvalue weighted by Gasteiger charge is 2.47. The molecule has 2 amide bonds. The Hall–Kier alpha value is -2.34. The lowest BCUT2D eigenvalue weighted by molar-refractivity contribution is -0.137. The number of halogens is 3. The van der Waals surface area contributed by atoms with Crippen LogP contribution >= 0.6 is 0 Å². The van der Waals surface area contributed by atoms with E-state index in [9.17, 15) is 36.3 Å². The molecule has 0 radical (unpaired) electrons. The third-order valence-corrected chi connectivity index (χ3v) is 9.20. The highest BCUT2D eigenvalue weighted by atomic mass is 32.2. The molecule has 0 bridgehead atoms. The van der Waals surface area contributed by atoms with Crippen LogP contribution in [-0.4, -0.2) is 55.0 Å². The summed E-state index contributed by atoms with van der Waals surface area (Å²) in [4.78, 5) is 24.5. The van der Waals surface area contributed by atoms with Crippen molar-refractivity contribution in [2.24, 2.45) is 22.7 Å². The average molecular weight is 562 g/mol. The molecule has 1 heterocycles. The van der Waals surface area contributed by atoms with E-state index in [-0.39, 0.29) is 46.7 Å². The first-order chi connectivity index (χ1) is 17.3. The lowest BCUT2D eigenvalue weighted by Crippen LogP contribution is -2.52. The van der Waals surface area contributed by atoms with Crippen LogP contribution in [0.4, 0.5) is 18.0 Å². The number of rotatable bonds is 8. The van der Waals surface area contributed by atoms with Gasteiger partial charge < -0.3 is 15.7 Å². The predicted octanol–water partition coefficient (Wildman–Crippen LogP) is 4.71. The first-order valence-electron chi connectivity index (χ1n) is 12.8. The number of fused-ring (bicyclic) bond motifs is 1. The van der Waals surface area contributed by atoms with Crippen LogP contribution in [0.25, 0.3) is 0 Å². The molecule has 3 rings (SSSR count). The minimum absolute atomic E-state index is 0.00672. The van der Waals surface area contributed by atoms with Crippen molar-refractivity contribution in [1.29, 1.82) is 0 Å². The first-order valence-corrected chi connectivity index (χ1v) is 14.2. The fourth-order valence-corrected chi connectivity index (χ4v) is 7.80. The molecular formula is C26H38F3N3O5S. The quantitative estimate of drug-likeness (QED) is 0.425. The molecule has 1 aromatic rings. The molecule has 2 aliphatic rings. The van der Waals surface area contributed by atoms with E-state index in [1.54, 1.807) is 0 Å². The normalized spacial score (nSPS) is 23.6. The number of hydrogen-bond acceptors (Lipinski definition) is 4. The van der Waals surface area contributed by atoms with Gasteiger partial charge in [-0.2, -0.15) is 17.5 Å². The second-order valence-electron chi connectivity index (χ2n) is 12.6. The van der Waals surface area contributed by atoms with Gasteiger partial charge in [-0.3, -0.25) is 4.79 Å². The number of alkyl halides is 3. The highest BCUT2D eigenvalue weighted by Crippen LogP contribution is 2.41. The van der Waals surface area contributed by atoms with Gasteiger partial charge in [0.1, 0.15) is 6.04 Å². The zero-order chi connectivity index (χ0) is 28.7. The van der Waals surface area contributed by atoms with Crippen molar-refractivity contribution in [2.75, 3.05) is 13.1 Å². The van der Waals surface area contributed by atoms with Crippen LogP contribution in [0.2, 0.25) is 0 Å². The molecule has 1 aliphatic carbocycles. The Morgan fingerprint density at radius 1 is 1.05 bits per heavy atom. The Bertz CT molecular complexity index is 1130. The molecule has 2 fully saturated rings. The average Bonchev–Trinajstić information content (AvgIpc) is 3.33. The van der Waals surface area contributed by atoms with Crippen LogP contribution < -0.4 is 10.6 Å². The zero-order valence-electron chi connectivity index (χ0n) is 22.4. The van der Waals surface area contributed by atoms with E-state index in [4.69, 9.17) is 0 Å². The van der Waals surface area contributed by atoms with Crippen LogP contribution in [0.3, 0.4) is 0 Å². The summed E-state index contributed by atoms with van der Waals surface area (Å²) in [5, 5.41) is 14.6. The molecule has 214 valence electrons. The topological polar surface area (TPSA) is 116 Å². The fraction of sp³-hybridized carbons (Fsp3) is 0.692. The fourth-order valence-electron chi connectivity index (χ4n) is 6.27. The monoisotopic (exact) mass is 561 g/mol. The summed E-state index contributed by atoms with van der Waals surface area (Å²) in [7, 11) is -4.01. The third kappa shape index (κ3) is 7.40. The molecule has 8 nitrogen and oxygen atoms in total. The second kappa shape index (κ2) is 10.7. The SMILES string of the molecule is CC(C)(C)CC(C)(C)C[C@H](NC(=O)O)C(=O)N[C@H]1CC[C@@H]2CN(S(=O)(=O)c3ccc(C(F)(F)F)cc3)C[C@@H]21. The van der Waals surface area contributed by atoms with Crippen LogP contribution in [0.5, 0.6) is 0 Å². The maximum Gasteiger partial charge on any atom is 0.416 e. The summed E-state index contributed by atoms with van der Waals surface area (Å²) in [6, 6.07) is 2.15. The summed E-state index contributed by atoms with van der Waals surface area (Å²) in [6.45, 7) is 10.6. The maximum atomic E-state index is 13.2. The summed E-state index contributed by atoms with van der Waals surface area (Å²) in [6.07, 6.45) is -3.46. The van der Waals surface area contributed by atoms with E-state index in [1.807, 2.05) is 13.8 Å². The number of carbonyl (C=O) groups is 2. The highest BCUT2D eigenvalue weighted by molar-refractivity contribution is 7.89. The summed E-state index contributed by atoms with van der Waals surface area (Å²) >= 11 is 0. The predicted molar refractivity (Wildman–Crippen MR) is 136 cm³/mol. The molecule has 1 saturated heterocycles. The van der Waals surface area contributed by atoms with Gasteiger partial charge >= 0.3 is 12.3 Å².